The molecular formula is C11H9FN6. The summed E-state index contributed by atoms with van der Waals surface area (Å²) in [5.41, 5.74) is 7.92. The topological polar surface area (TPSA) is 82.5 Å². The Kier molecular flexibility index (Phi) is 2.19. The quantitative estimate of drug-likeness (QED) is 0.649. The van der Waals surface area contributed by atoms with Gasteiger partial charge in [-0.25, -0.2) is 15.0 Å². The molecule has 0 atom stereocenters. The summed E-state index contributed by atoms with van der Waals surface area (Å²) in [6.45, 7) is 0. The molecule has 0 radical (unpaired) electrons. The molecule has 0 aliphatic heterocycles. The maximum Gasteiger partial charge on any atom is 0.311 e. The van der Waals surface area contributed by atoms with Crippen molar-refractivity contribution in [2.75, 3.05) is 5.73 Å². The van der Waals surface area contributed by atoms with Crippen molar-refractivity contribution in [3.05, 3.63) is 30.7 Å². The van der Waals surface area contributed by atoms with E-state index in [4.69, 9.17) is 5.73 Å². The average molecular weight is 244 g/mol. The molecule has 2 N–H and O–H groups in total. The summed E-state index contributed by atoms with van der Waals surface area (Å²) in [6.07, 6.45) is 2.51. The number of nitrogen functional groups attached to an aromatic ring is 1. The van der Waals surface area contributed by atoms with Crippen molar-refractivity contribution in [1.82, 2.24) is 24.5 Å². The zero-order valence-corrected chi connectivity index (χ0v) is 9.50. The second-order valence-corrected chi connectivity index (χ2v) is 3.83. The van der Waals surface area contributed by atoms with E-state index in [9.17, 15) is 4.39 Å². The number of nitrogens with zero attached hydrogens (tertiary/aromatic N) is 5. The molecule has 0 spiro atoms. The number of anilines is 1. The molecular weight excluding hydrogens is 235 g/mol. The van der Waals surface area contributed by atoms with Crippen LogP contribution in [0.1, 0.15) is 0 Å². The third-order valence-corrected chi connectivity index (χ3v) is 2.62. The van der Waals surface area contributed by atoms with Crippen LogP contribution in [-0.4, -0.2) is 24.5 Å². The highest BCUT2D eigenvalue weighted by atomic mass is 19.1. The Labute approximate surface area is 101 Å². The van der Waals surface area contributed by atoms with Gasteiger partial charge >= 0.3 is 6.08 Å². The number of aryl methyl sites for hydroxylation is 1. The number of pyridine rings is 1. The first-order valence-corrected chi connectivity index (χ1v) is 5.21. The van der Waals surface area contributed by atoms with Gasteiger partial charge in [0.05, 0.1) is 29.4 Å². The molecule has 3 aromatic rings. The van der Waals surface area contributed by atoms with E-state index < -0.39 is 6.08 Å². The number of fused-ring (bicyclic) bond motifs is 1. The lowest BCUT2D eigenvalue weighted by Gasteiger charge is -2.04. The number of imidazole rings is 1. The fourth-order valence-electron chi connectivity index (χ4n) is 1.75. The molecule has 0 aromatic carbocycles. The van der Waals surface area contributed by atoms with Crippen LogP contribution in [0.15, 0.2) is 24.7 Å². The highest BCUT2D eigenvalue weighted by molar-refractivity contribution is 5.85. The van der Waals surface area contributed by atoms with Gasteiger partial charge in [-0.05, 0) is 12.1 Å². The van der Waals surface area contributed by atoms with E-state index in [1.807, 2.05) is 11.6 Å². The van der Waals surface area contributed by atoms with E-state index in [0.717, 1.165) is 5.69 Å². The molecule has 3 rings (SSSR count). The molecule has 3 heterocycles. The van der Waals surface area contributed by atoms with Crippen molar-refractivity contribution >= 4 is 16.9 Å². The third kappa shape index (κ3) is 1.56. The van der Waals surface area contributed by atoms with Crippen LogP contribution in [0.4, 0.5) is 10.2 Å². The Morgan fingerprint density at radius 1 is 1.22 bits per heavy atom. The van der Waals surface area contributed by atoms with Crippen molar-refractivity contribution in [2.24, 2.45) is 7.05 Å². The summed E-state index contributed by atoms with van der Waals surface area (Å²) >= 11 is 0. The Balaban J connectivity index is 2.26. The second-order valence-electron chi connectivity index (χ2n) is 3.83. The number of aromatic nitrogens is 5. The first kappa shape index (κ1) is 10.6. The number of hydrogen-bond donors (Lipinski definition) is 1. The maximum absolute atomic E-state index is 13.0. The van der Waals surface area contributed by atoms with Crippen LogP contribution in [-0.2, 0) is 7.05 Å². The molecule has 0 amide bonds. The molecule has 90 valence electrons. The van der Waals surface area contributed by atoms with Gasteiger partial charge in [0.25, 0.3) is 0 Å². The van der Waals surface area contributed by atoms with Crippen molar-refractivity contribution in [2.45, 2.75) is 0 Å². The SMILES string of the molecule is Cn1cncc1-c1ccc2nc(F)nc(N)c2n1. The first-order chi connectivity index (χ1) is 8.65. The lowest BCUT2D eigenvalue weighted by atomic mass is 10.2. The van der Waals surface area contributed by atoms with Crippen molar-refractivity contribution in [1.29, 1.82) is 0 Å². The zero-order chi connectivity index (χ0) is 12.7. The van der Waals surface area contributed by atoms with E-state index in [0.29, 0.717) is 16.7 Å². The minimum Gasteiger partial charge on any atom is -0.382 e. The predicted molar refractivity (Wildman–Crippen MR) is 63.9 cm³/mol. The lowest BCUT2D eigenvalue weighted by molar-refractivity contribution is 0.546. The molecule has 7 heteroatoms. The van der Waals surface area contributed by atoms with Gasteiger partial charge in [0.15, 0.2) is 5.82 Å². The molecule has 0 unspecified atom stereocenters. The van der Waals surface area contributed by atoms with Gasteiger partial charge in [-0.1, -0.05) is 0 Å². The van der Waals surface area contributed by atoms with E-state index in [1.165, 1.54) is 0 Å². The van der Waals surface area contributed by atoms with Crippen LogP contribution in [0, 0.1) is 6.08 Å². The van der Waals surface area contributed by atoms with Gasteiger partial charge in [0.1, 0.15) is 5.52 Å². The number of halogens is 1. The Hall–Kier alpha value is -2.57. The summed E-state index contributed by atoms with van der Waals surface area (Å²) in [5, 5.41) is 0. The minimum absolute atomic E-state index is 0.0292. The van der Waals surface area contributed by atoms with Crippen LogP contribution in [0.2, 0.25) is 0 Å². The summed E-state index contributed by atoms with van der Waals surface area (Å²) in [6, 6.07) is 3.40. The normalized spacial score (nSPS) is 11.0. The smallest absolute Gasteiger partial charge is 0.311 e. The van der Waals surface area contributed by atoms with Crippen molar-refractivity contribution in [3.63, 3.8) is 0 Å². The predicted octanol–water partition coefficient (Wildman–Crippen LogP) is 1.15. The molecule has 0 saturated carbocycles. The van der Waals surface area contributed by atoms with Gasteiger partial charge in [-0.2, -0.15) is 9.37 Å². The highest BCUT2D eigenvalue weighted by Crippen LogP contribution is 2.21. The molecule has 6 nitrogen and oxygen atoms in total. The van der Waals surface area contributed by atoms with E-state index in [-0.39, 0.29) is 5.82 Å². The third-order valence-electron chi connectivity index (χ3n) is 2.62. The van der Waals surface area contributed by atoms with Crippen LogP contribution < -0.4 is 5.73 Å². The highest BCUT2D eigenvalue weighted by Gasteiger charge is 2.10. The fraction of sp³-hybridized carbons (Fsp3) is 0.0909. The fourth-order valence-corrected chi connectivity index (χ4v) is 1.75. The molecule has 0 fully saturated rings. The molecule has 0 saturated heterocycles. The number of rotatable bonds is 1. The van der Waals surface area contributed by atoms with Crippen LogP contribution in [0.25, 0.3) is 22.4 Å². The van der Waals surface area contributed by atoms with Gasteiger partial charge in [-0.3, -0.25) is 0 Å². The maximum atomic E-state index is 13.0. The van der Waals surface area contributed by atoms with Gasteiger partial charge < -0.3 is 10.3 Å². The minimum atomic E-state index is -0.852. The second kappa shape index (κ2) is 3.73. The van der Waals surface area contributed by atoms with Crippen LogP contribution in [0.5, 0.6) is 0 Å². The summed E-state index contributed by atoms with van der Waals surface area (Å²) < 4.78 is 14.8. The Morgan fingerprint density at radius 3 is 2.78 bits per heavy atom. The zero-order valence-electron chi connectivity index (χ0n) is 9.50. The number of hydrogen-bond acceptors (Lipinski definition) is 5. The van der Waals surface area contributed by atoms with Crippen LogP contribution >= 0.6 is 0 Å². The number of nitrogens with two attached hydrogens (primary N) is 1. The first-order valence-electron chi connectivity index (χ1n) is 5.21. The summed E-state index contributed by atoms with van der Waals surface area (Å²) in [4.78, 5) is 15.5. The van der Waals surface area contributed by atoms with Crippen LogP contribution in [0.3, 0.4) is 0 Å². The monoisotopic (exact) mass is 244 g/mol. The standard InChI is InChI=1S/C11H9FN6/c1-18-5-14-4-8(18)6-2-3-7-9(15-6)10(13)17-11(12)16-7/h2-5H,1H3,(H2,13,16,17). The van der Waals surface area contributed by atoms with Gasteiger partial charge in [0.2, 0.25) is 0 Å². The lowest BCUT2D eigenvalue weighted by Crippen LogP contribution is -2.01. The summed E-state index contributed by atoms with van der Waals surface area (Å²) in [5.74, 6) is 0.0292. The molecule has 0 bridgehead atoms. The molecule has 18 heavy (non-hydrogen) atoms. The van der Waals surface area contributed by atoms with E-state index in [1.54, 1.807) is 24.7 Å². The van der Waals surface area contributed by atoms with Gasteiger partial charge in [-0.15, -0.1) is 0 Å². The average Bonchev–Trinajstić information content (AvgIpc) is 2.75. The van der Waals surface area contributed by atoms with E-state index >= 15 is 0 Å². The van der Waals surface area contributed by atoms with E-state index in [2.05, 4.69) is 19.9 Å². The van der Waals surface area contributed by atoms with Gasteiger partial charge in [0, 0.05) is 7.05 Å². The largest absolute Gasteiger partial charge is 0.382 e. The Morgan fingerprint density at radius 2 is 2.06 bits per heavy atom. The molecule has 0 aliphatic carbocycles. The summed E-state index contributed by atoms with van der Waals surface area (Å²) in [7, 11) is 1.86. The van der Waals surface area contributed by atoms with Crippen molar-refractivity contribution in [3.8, 4) is 11.4 Å². The molecule has 0 aliphatic rings. The molecule has 3 aromatic heterocycles. The van der Waals surface area contributed by atoms with Crippen molar-refractivity contribution < 1.29 is 4.39 Å². The Bertz CT molecular complexity index is 735.